The summed E-state index contributed by atoms with van der Waals surface area (Å²) in [5.41, 5.74) is -7.30. The molecule has 1 aliphatic carbocycles. The van der Waals surface area contributed by atoms with Gasteiger partial charge in [-0.3, -0.25) is 0 Å². The van der Waals surface area contributed by atoms with E-state index in [9.17, 15) is 52.8 Å². The molecule has 1 nitrogen and oxygen atoms in total. The molecule has 0 spiro atoms. The molecule has 13 heteroatoms. The van der Waals surface area contributed by atoms with Crippen molar-refractivity contribution in [3.63, 3.8) is 0 Å². The van der Waals surface area contributed by atoms with Gasteiger partial charge in [-0.05, 0) is 4.53 Å². The van der Waals surface area contributed by atoms with Gasteiger partial charge < -0.3 is 0 Å². The summed E-state index contributed by atoms with van der Waals surface area (Å²) < 4.78 is 149. The third-order valence-corrected chi connectivity index (χ3v) is 2.55. The maximum Gasteiger partial charge on any atom is 0.431 e. The summed E-state index contributed by atoms with van der Waals surface area (Å²) in [5.74, 6) is -29.0. The Hall–Kier alpha value is -0.880. The van der Waals surface area contributed by atoms with Crippen LogP contribution < -0.4 is 0 Å². The molecule has 0 radical (unpaired) electrons. The first-order valence-corrected chi connectivity index (χ1v) is 3.94. The van der Waals surface area contributed by atoms with Gasteiger partial charge in [-0.2, -0.15) is 43.9 Å². The normalized spacial score (nSPS) is 30.3. The predicted molar refractivity (Wildman–Crippen MR) is 30.8 cm³/mol. The highest BCUT2D eigenvalue weighted by molar-refractivity contribution is 5.29. The van der Waals surface area contributed by atoms with Gasteiger partial charge in [-0.25, -0.2) is 4.39 Å². The van der Waals surface area contributed by atoms with E-state index in [0.29, 0.717) is 0 Å². The number of halogens is 12. The molecule has 0 heterocycles. The molecule has 0 amide bonds. The van der Waals surface area contributed by atoms with E-state index in [-0.39, 0.29) is 0 Å². The summed E-state index contributed by atoms with van der Waals surface area (Å²) in [6, 6.07) is 0. The second-order valence-electron chi connectivity index (χ2n) is 3.55. The van der Waals surface area contributed by atoms with Gasteiger partial charge in [-0.1, -0.05) is 0 Å². The molecule has 0 atom stereocenters. The molecule has 0 unspecified atom stereocenters. The maximum atomic E-state index is 13.1. The molecule has 0 aliphatic heterocycles. The van der Waals surface area contributed by atoms with Gasteiger partial charge in [0, 0.05) is 0 Å². The molecule has 1 fully saturated rings. The Balaban J connectivity index is 3.75. The zero-order valence-electron chi connectivity index (χ0n) is 7.94. The molecule has 19 heavy (non-hydrogen) atoms. The predicted octanol–water partition coefficient (Wildman–Crippen LogP) is 3.74. The van der Waals surface area contributed by atoms with E-state index in [0.717, 1.165) is 4.94 Å². The van der Waals surface area contributed by atoms with E-state index in [1.54, 1.807) is 0 Å². The molecular weight excluding hydrogens is 316 g/mol. The summed E-state index contributed by atoms with van der Waals surface area (Å²) >= 11 is 0. The Kier molecular flexibility index (Phi) is 2.90. The van der Waals surface area contributed by atoms with Gasteiger partial charge in [0.25, 0.3) is 0 Å². The molecule has 0 aromatic rings. The third kappa shape index (κ3) is 1.24. The van der Waals surface area contributed by atoms with Crippen LogP contribution in [0.15, 0.2) is 0 Å². The van der Waals surface area contributed by atoms with Crippen molar-refractivity contribution in [2.24, 2.45) is 0 Å². The highest BCUT2D eigenvalue weighted by atomic mass is 19.4. The molecule has 0 saturated heterocycles. The van der Waals surface area contributed by atoms with Gasteiger partial charge >= 0.3 is 35.5 Å². The third-order valence-electron chi connectivity index (χ3n) is 2.55. The Bertz CT molecular complexity index is 360. The van der Waals surface area contributed by atoms with E-state index >= 15 is 0 Å². The molecule has 1 rings (SSSR count). The fourth-order valence-electron chi connectivity index (χ4n) is 1.44. The van der Waals surface area contributed by atoms with E-state index in [1.807, 2.05) is 0 Å². The summed E-state index contributed by atoms with van der Waals surface area (Å²) in [5, 5.41) is 0. The Morgan fingerprint density at radius 1 is 0.579 bits per heavy atom. The van der Waals surface area contributed by atoms with Crippen LogP contribution in [0.3, 0.4) is 0 Å². The summed E-state index contributed by atoms with van der Waals surface area (Å²) in [7, 11) is 0. The van der Waals surface area contributed by atoms with Crippen molar-refractivity contribution in [3.8, 4) is 0 Å². The van der Waals surface area contributed by atoms with Gasteiger partial charge in [0.15, 0.2) is 0 Å². The lowest BCUT2D eigenvalue weighted by molar-refractivity contribution is -0.453. The minimum atomic E-state index is -7.32. The molecule has 1 aliphatic rings. The molecule has 0 bridgehead atoms. The Morgan fingerprint density at radius 3 is 1.05 bits per heavy atom. The molecule has 0 aromatic heterocycles. The van der Waals surface area contributed by atoms with Gasteiger partial charge in [0.05, 0.1) is 0 Å². The Morgan fingerprint density at radius 2 is 0.842 bits per heavy atom. The van der Waals surface area contributed by atoms with E-state index in [1.165, 1.54) is 0 Å². The van der Waals surface area contributed by atoms with Crippen LogP contribution in [0.5, 0.6) is 0 Å². The SMILES string of the molecule is FOC(F)(F)C1(F)C(F)(F)C(F)(F)C(F)(F)C1(F)F. The summed E-state index contributed by atoms with van der Waals surface area (Å²) in [6.45, 7) is 0. The largest absolute Gasteiger partial charge is 0.431 e. The second-order valence-corrected chi connectivity index (χ2v) is 3.55. The van der Waals surface area contributed by atoms with Gasteiger partial charge in [0.2, 0.25) is 0 Å². The average Bonchev–Trinajstić information content (AvgIpc) is 2.30. The first-order chi connectivity index (χ1) is 8.06. The van der Waals surface area contributed by atoms with Gasteiger partial charge in [0.1, 0.15) is 0 Å². The van der Waals surface area contributed by atoms with Crippen LogP contribution in [-0.4, -0.2) is 35.5 Å². The standard InChI is InChI=1S/C6F12O/c7-1(6(16,17)19-18)2(8,9)4(12,13)5(14,15)3(1,10)11. The first-order valence-electron chi connectivity index (χ1n) is 3.94. The van der Waals surface area contributed by atoms with Crippen LogP contribution in [-0.2, 0) is 4.94 Å². The van der Waals surface area contributed by atoms with Crippen molar-refractivity contribution in [1.82, 2.24) is 0 Å². The first kappa shape index (κ1) is 16.2. The van der Waals surface area contributed by atoms with Crippen molar-refractivity contribution in [1.29, 1.82) is 0 Å². The van der Waals surface area contributed by atoms with E-state index in [4.69, 9.17) is 0 Å². The Labute approximate surface area is 94.6 Å². The van der Waals surface area contributed by atoms with Crippen LogP contribution in [0.4, 0.5) is 52.8 Å². The number of rotatable bonds is 2. The monoisotopic (exact) mass is 316 g/mol. The number of hydrogen-bond donors (Lipinski definition) is 0. The average molecular weight is 316 g/mol. The van der Waals surface area contributed by atoms with E-state index in [2.05, 4.69) is 0 Å². The van der Waals surface area contributed by atoms with Crippen LogP contribution in [0.2, 0.25) is 0 Å². The molecule has 0 aromatic carbocycles. The molecule has 1 saturated carbocycles. The minimum absolute atomic E-state index is 1.15. The lowest BCUT2D eigenvalue weighted by Crippen LogP contribution is -2.65. The lowest BCUT2D eigenvalue weighted by atomic mass is 9.95. The summed E-state index contributed by atoms with van der Waals surface area (Å²) in [4.78, 5) is 1.15. The summed E-state index contributed by atoms with van der Waals surface area (Å²) in [6.07, 6.45) is -6.95. The fourth-order valence-corrected chi connectivity index (χ4v) is 1.44. The number of hydrogen-bond acceptors (Lipinski definition) is 1. The smallest absolute Gasteiger partial charge is 0.220 e. The highest BCUT2D eigenvalue weighted by Crippen LogP contribution is 2.72. The molecular formula is C6F12O. The van der Waals surface area contributed by atoms with Crippen LogP contribution in [0, 0.1) is 0 Å². The molecule has 114 valence electrons. The fraction of sp³-hybridized carbons (Fsp3) is 1.00. The topological polar surface area (TPSA) is 9.23 Å². The maximum absolute atomic E-state index is 13.1. The van der Waals surface area contributed by atoms with E-state index < -0.39 is 35.5 Å². The van der Waals surface area contributed by atoms with Crippen LogP contribution in [0.25, 0.3) is 0 Å². The zero-order chi connectivity index (χ0) is 15.7. The van der Waals surface area contributed by atoms with Crippen molar-refractivity contribution in [2.45, 2.75) is 35.5 Å². The van der Waals surface area contributed by atoms with Crippen molar-refractivity contribution >= 4 is 0 Å². The van der Waals surface area contributed by atoms with Crippen LogP contribution >= 0.6 is 0 Å². The second kappa shape index (κ2) is 3.41. The highest BCUT2D eigenvalue weighted by Gasteiger charge is 3.06. The minimum Gasteiger partial charge on any atom is -0.220 e. The zero-order valence-corrected chi connectivity index (χ0v) is 7.94. The van der Waals surface area contributed by atoms with Crippen LogP contribution in [0.1, 0.15) is 0 Å². The van der Waals surface area contributed by atoms with Crippen molar-refractivity contribution < 1.29 is 57.8 Å². The lowest BCUT2D eigenvalue weighted by Gasteiger charge is -2.33. The number of alkyl halides is 11. The quantitative estimate of drug-likeness (QED) is 0.705. The van der Waals surface area contributed by atoms with Gasteiger partial charge in [-0.15, -0.1) is 4.94 Å². The van der Waals surface area contributed by atoms with Crippen molar-refractivity contribution in [3.05, 3.63) is 0 Å². The molecule has 0 N–H and O–H groups in total. The van der Waals surface area contributed by atoms with Crippen molar-refractivity contribution in [2.75, 3.05) is 0 Å².